The Kier molecular flexibility index (Phi) is 8.49. The third-order valence-electron chi connectivity index (χ3n) is 4.57. The standard InChI is InChI=1S/C20H25N3O.C2H4O2/c1-15(22-20(24)23-18-12-13-21-14-18)19(16-8-4-2-5-9-16)17-10-6-3-7-11-17;1-2(3)4/h2-11,15,18-19,21H,12-14H2,1H3,(H2,22,23,24);1H3,(H,3,4)/t15-,18+;/m1./s1. The Bertz CT molecular complexity index is 688. The molecule has 28 heavy (non-hydrogen) atoms. The second-order valence-corrected chi connectivity index (χ2v) is 6.91. The van der Waals surface area contributed by atoms with Gasteiger partial charge in [0.2, 0.25) is 0 Å². The summed E-state index contributed by atoms with van der Waals surface area (Å²) in [7, 11) is 0. The summed E-state index contributed by atoms with van der Waals surface area (Å²) < 4.78 is 0. The highest BCUT2D eigenvalue weighted by molar-refractivity contribution is 5.74. The van der Waals surface area contributed by atoms with Gasteiger partial charge >= 0.3 is 6.03 Å². The zero-order chi connectivity index (χ0) is 20.4. The number of carbonyl (C=O) groups excluding carboxylic acids is 1. The van der Waals surface area contributed by atoms with Gasteiger partial charge in [-0.1, -0.05) is 60.7 Å². The summed E-state index contributed by atoms with van der Waals surface area (Å²) in [6.45, 7) is 4.97. The molecule has 2 amide bonds. The van der Waals surface area contributed by atoms with Crippen LogP contribution in [0.15, 0.2) is 60.7 Å². The van der Waals surface area contributed by atoms with Crippen LogP contribution in [0.25, 0.3) is 0 Å². The zero-order valence-corrected chi connectivity index (χ0v) is 16.4. The van der Waals surface area contributed by atoms with Gasteiger partial charge in [-0.25, -0.2) is 4.79 Å². The average Bonchev–Trinajstić information content (AvgIpc) is 3.16. The lowest BCUT2D eigenvalue weighted by molar-refractivity contribution is -0.134. The smallest absolute Gasteiger partial charge is 0.315 e. The Hall–Kier alpha value is -2.86. The van der Waals surface area contributed by atoms with E-state index >= 15 is 0 Å². The molecule has 0 unspecified atom stereocenters. The van der Waals surface area contributed by atoms with Crippen LogP contribution in [0.3, 0.4) is 0 Å². The van der Waals surface area contributed by atoms with Crippen LogP contribution >= 0.6 is 0 Å². The maximum Gasteiger partial charge on any atom is 0.315 e. The molecule has 2 atom stereocenters. The number of nitrogens with one attached hydrogen (secondary N) is 3. The molecule has 0 radical (unpaired) electrons. The number of carbonyl (C=O) groups is 2. The first-order chi connectivity index (χ1) is 13.5. The van der Waals surface area contributed by atoms with Gasteiger partial charge in [0.05, 0.1) is 0 Å². The first-order valence-electron chi connectivity index (χ1n) is 9.54. The number of carboxylic acid groups (broad SMARTS) is 1. The quantitative estimate of drug-likeness (QED) is 0.639. The van der Waals surface area contributed by atoms with Gasteiger partial charge in [0.25, 0.3) is 5.97 Å². The molecule has 0 saturated carbocycles. The summed E-state index contributed by atoms with van der Waals surface area (Å²) in [5.74, 6) is -0.708. The number of hydrogen-bond acceptors (Lipinski definition) is 3. The van der Waals surface area contributed by atoms with Crippen LogP contribution < -0.4 is 16.0 Å². The molecule has 6 nitrogen and oxygen atoms in total. The lowest BCUT2D eigenvalue weighted by Crippen LogP contribution is -2.47. The van der Waals surface area contributed by atoms with E-state index in [1.807, 2.05) is 36.4 Å². The number of aliphatic carboxylic acids is 1. The predicted molar refractivity (Wildman–Crippen MR) is 110 cm³/mol. The van der Waals surface area contributed by atoms with E-state index in [4.69, 9.17) is 9.90 Å². The molecule has 3 rings (SSSR count). The lowest BCUT2D eigenvalue weighted by Gasteiger charge is -2.27. The average molecular weight is 383 g/mol. The molecule has 0 bridgehead atoms. The Morgan fingerprint density at radius 2 is 1.54 bits per heavy atom. The highest BCUT2D eigenvalue weighted by Crippen LogP contribution is 2.27. The summed E-state index contributed by atoms with van der Waals surface area (Å²) in [6.07, 6.45) is 0.989. The van der Waals surface area contributed by atoms with Crippen LogP contribution in [0.5, 0.6) is 0 Å². The molecule has 2 aromatic carbocycles. The normalized spacial score (nSPS) is 16.6. The van der Waals surface area contributed by atoms with Crippen molar-refractivity contribution in [3.63, 3.8) is 0 Å². The van der Waals surface area contributed by atoms with Gasteiger partial charge in [-0.2, -0.15) is 0 Å². The molecule has 6 heteroatoms. The van der Waals surface area contributed by atoms with E-state index in [9.17, 15) is 4.79 Å². The molecule has 4 N–H and O–H groups in total. The Balaban J connectivity index is 0.000000640. The third-order valence-corrected chi connectivity index (χ3v) is 4.57. The predicted octanol–water partition coefficient (Wildman–Crippen LogP) is 2.96. The van der Waals surface area contributed by atoms with Crippen LogP contribution in [-0.4, -0.2) is 42.3 Å². The van der Waals surface area contributed by atoms with E-state index in [1.165, 1.54) is 11.1 Å². The molecule has 1 aliphatic rings. The van der Waals surface area contributed by atoms with Crippen LogP contribution in [0, 0.1) is 0 Å². The minimum absolute atomic E-state index is 0.0100. The highest BCUT2D eigenvalue weighted by Gasteiger charge is 2.24. The summed E-state index contributed by atoms with van der Waals surface area (Å²) in [4.78, 5) is 21.3. The van der Waals surface area contributed by atoms with E-state index in [0.29, 0.717) is 0 Å². The molecule has 0 spiro atoms. The first-order valence-corrected chi connectivity index (χ1v) is 9.54. The minimum Gasteiger partial charge on any atom is -0.481 e. The van der Waals surface area contributed by atoms with Gasteiger partial charge in [0.15, 0.2) is 0 Å². The van der Waals surface area contributed by atoms with Crippen molar-refractivity contribution in [2.24, 2.45) is 0 Å². The Labute approximate surface area is 166 Å². The SMILES string of the molecule is CC(=O)O.C[C@@H](NC(=O)N[C@H]1CCNC1)C(c1ccccc1)c1ccccc1. The largest absolute Gasteiger partial charge is 0.481 e. The van der Waals surface area contributed by atoms with Crippen molar-refractivity contribution in [2.45, 2.75) is 38.3 Å². The Morgan fingerprint density at radius 1 is 1.04 bits per heavy atom. The van der Waals surface area contributed by atoms with Crippen molar-refractivity contribution in [2.75, 3.05) is 13.1 Å². The lowest BCUT2D eigenvalue weighted by atomic mass is 9.86. The van der Waals surface area contributed by atoms with Crippen LogP contribution in [0.2, 0.25) is 0 Å². The van der Waals surface area contributed by atoms with Gasteiger partial charge in [-0.15, -0.1) is 0 Å². The fourth-order valence-corrected chi connectivity index (χ4v) is 3.39. The Morgan fingerprint density at radius 3 is 1.96 bits per heavy atom. The summed E-state index contributed by atoms with van der Waals surface area (Å²) in [5.41, 5.74) is 2.41. The van der Waals surface area contributed by atoms with Crippen molar-refractivity contribution in [3.8, 4) is 0 Å². The van der Waals surface area contributed by atoms with Gasteiger partial charge in [-0.05, 0) is 31.0 Å². The van der Waals surface area contributed by atoms with Gasteiger partial charge in [-0.3, -0.25) is 4.79 Å². The van der Waals surface area contributed by atoms with Crippen molar-refractivity contribution in [3.05, 3.63) is 71.8 Å². The molecule has 1 saturated heterocycles. The monoisotopic (exact) mass is 383 g/mol. The first kappa shape index (κ1) is 21.4. The van der Waals surface area contributed by atoms with Crippen LogP contribution in [0.4, 0.5) is 4.79 Å². The number of rotatable bonds is 5. The summed E-state index contributed by atoms with van der Waals surface area (Å²) >= 11 is 0. The fourth-order valence-electron chi connectivity index (χ4n) is 3.39. The summed E-state index contributed by atoms with van der Waals surface area (Å²) in [6, 6.07) is 20.8. The van der Waals surface area contributed by atoms with Crippen molar-refractivity contribution in [1.29, 1.82) is 0 Å². The van der Waals surface area contributed by atoms with E-state index in [-0.39, 0.29) is 24.0 Å². The van der Waals surface area contributed by atoms with Crippen molar-refractivity contribution in [1.82, 2.24) is 16.0 Å². The number of urea groups is 1. The molecule has 150 valence electrons. The fraction of sp³-hybridized carbons (Fsp3) is 0.364. The maximum absolute atomic E-state index is 12.3. The number of benzene rings is 2. The number of hydrogen-bond donors (Lipinski definition) is 4. The van der Waals surface area contributed by atoms with E-state index in [1.54, 1.807) is 0 Å². The highest BCUT2D eigenvalue weighted by atomic mass is 16.4. The number of amides is 2. The van der Waals surface area contributed by atoms with Crippen LogP contribution in [-0.2, 0) is 4.79 Å². The van der Waals surface area contributed by atoms with E-state index in [2.05, 4.69) is 47.1 Å². The summed E-state index contributed by atoms with van der Waals surface area (Å²) in [5, 5.41) is 16.9. The van der Waals surface area contributed by atoms with Crippen LogP contribution in [0.1, 0.15) is 37.3 Å². The van der Waals surface area contributed by atoms with Crippen molar-refractivity contribution >= 4 is 12.0 Å². The molecule has 1 heterocycles. The van der Waals surface area contributed by atoms with E-state index in [0.717, 1.165) is 26.4 Å². The second-order valence-electron chi connectivity index (χ2n) is 6.91. The topological polar surface area (TPSA) is 90.5 Å². The molecule has 0 aromatic heterocycles. The van der Waals surface area contributed by atoms with Gasteiger partial charge in [0, 0.05) is 31.5 Å². The maximum atomic E-state index is 12.3. The molecular weight excluding hydrogens is 354 g/mol. The zero-order valence-electron chi connectivity index (χ0n) is 16.4. The molecule has 1 fully saturated rings. The number of carboxylic acids is 1. The van der Waals surface area contributed by atoms with Gasteiger partial charge in [0.1, 0.15) is 0 Å². The molecule has 0 aliphatic carbocycles. The second kappa shape index (κ2) is 11.1. The van der Waals surface area contributed by atoms with Crippen molar-refractivity contribution < 1.29 is 14.7 Å². The molecule has 2 aromatic rings. The third kappa shape index (κ3) is 7.04. The minimum atomic E-state index is -0.833. The van der Waals surface area contributed by atoms with Gasteiger partial charge < -0.3 is 21.1 Å². The molecular formula is C22H29N3O3. The van der Waals surface area contributed by atoms with E-state index < -0.39 is 5.97 Å². The molecule has 1 aliphatic heterocycles.